The number of morpholine rings is 1. The summed E-state index contributed by atoms with van der Waals surface area (Å²) >= 11 is 0. The van der Waals surface area contributed by atoms with Gasteiger partial charge in [0.25, 0.3) is 0 Å². The highest BCUT2D eigenvalue weighted by Crippen LogP contribution is 2.25. The molecule has 8 heteroatoms. The lowest BCUT2D eigenvalue weighted by Gasteiger charge is -2.35. The van der Waals surface area contributed by atoms with E-state index < -0.39 is 0 Å². The van der Waals surface area contributed by atoms with Gasteiger partial charge in [-0.15, -0.1) is 0 Å². The smallest absolute Gasteiger partial charge is 0.246 e. The highest BCUT2D eigenvalue weighted by atomic mass is 16.5. The molecule has 1 unspecified atom stereocenters. The summed E-state index contributed by atoms with van der Waals surface area (Å²) in [7, 11) is 0. The minimum Gasteiger partial charge on any atom is -0.378 e. The van der Waals surface area contributed by atoms with E-state index in [2.05, 4.69) is 4.98 Å². The van der Waals surface area contributed by atoms with E-state index in [9.17, 15) is 9.59 Å². The first-order valence-corrected chi connectivity index (χ1v) is 12.1. The average Bonchev–Trinajstić information content (AvgIpc) is 3.37. The average molecular weight is 472 g/mol. The first-order valence-electron chi connectivity index (χ1n) is 12.1. The van der Waals surface area contributed by atoms with Crippen molar-refractivity contribution < 1.29 is 14.3 Å². The molecule has 180 valence electrons. The molecule has 4 heterocycles. The van der Waals surface area contributed by atoms with Crippen LogP contribution in [0.2, 0.25) is 0 Å². The molecule has 2 aliphatic rings. The highest BCUT2D eigenvalue weighted by molar-refractivity contribution is 5.93. The van der Waals surface area contributed by atoms with E-state index in [0.29, 0.717) is 39.4 Å². The number of para-hydroxylation sites is 1. The van der Waals surface area contributed by atoms with Crippen LogP contribution in [-0.4, -0.2) is 75.8 Å². The van der Waals surface area contributed by atoms with Gasteiger partial charge in [0.2, 0.25) is 11.8 Å². The first-order chi connectivity index (χ1) is 17.2. The third-order valence-corrected chi connectivity index (χ3v) is 6.51. The number of ether oxygens (including phenoxy) is 1. The summed E-state index contributed by atoms with van der Waals surface area (Å²) < 4.78 is 7.17. The molecule has 2 aromatic heterocycles. The zero-order valence-corrected chi connectivity index (χ0v) is 19.6. The van der Waals surface area contributed by atoms with Gasteiger partial charge < -0.3 is 14.5 Å². The number of nitrogens with zero attached hydrogens (tertiary/aromatic N) is 5. The summed E-state index contributed by atoms with van der Waals surface area (Å²) in [6.45, 7) is 3.55. The molecule has 0 aliphatic carbocycles. The van der Waals surface area contributed by atoms with Crippen LogP contribution in [0.1, 0.15) is 18.4 Å². The molecule has 0 spiro atoms. The van der Waals surface area contributed by atoms with Gasteiger partial charge in [-0.05, 0) is 43.2 Å². The normalized spacial score (nSPS) is 18.7. The summed E-state index contributed by atoms with van der Waals surface area (Å²) in [5.74, 6) is -0.0992. The number of likely N-dealkylation sites (tertiary alicyclic amines) is 1. The molecule has 3 aromatic rings. The van der Waals surface area contributed by atoms with Crippen molar-refractivity contribution in [2.75, 3.05) is 39.4 Å². The van der Waals surface area contributed by atoms with Gasteiger partial charge in [-0.25, -0.2) is 4.68 Å². The molecule has 2 amide bonds. The van der Waals surface area contributed by atoms with Crippen molar-refractivity contribution in [3.8, 4) is 16.9 Å². The minimum absolute atomic E-state index is 0.0888. The van der Waals surface area contributed by atoms with Crippen molar-refractivity contribution in [1.29, 1.82) is 0 Å². The maximum Gasteiger partial charge on any atom is 0.246 e. The fourth-order valence-electron chi connectivity index (χ4n) is 4.64. The second-order valence-corrected chi connectivity index (χ2v) is 8.85. The lowest BCUT2D eigenvalue weighted by molar-refractivity contribution is -0.143. The molecule has 0 N–H and O–H groups in total. The number of carbonyl (C=O) groups is 2. The Labute approximate surface area is 204 Å². The van der Waals surface area contributed by atoms with Gasteiger partial charge in [0.15, 0.2) is 0 Å². The van der Waals surface area contributed by atoms with Crippen LogP contribution in [0.4, 0.5) is 0 Å². The summed E-state index contributed by atoms with van der Waals surface area (Å²) in [4.78, 5) is 33.9. The Kier molecular flexibility index (Phi) is 6.99. The Morgan fingerprint density at radius 3 is 2.60 bits per heavy atom. The Balaban J connectivity index is 1.33. The van der Waals surface area contributed by atoms with E-state index >= 15 is 0 Å². The SMILES string of the molecule is O=C(/C=C/c1cn(-c2ccccc2)nc1-c1cccnc1)N1CCCC(C(=O)N2CCOCC2)C1. The number of rotatable bonds is 5. The van der Waals surface area contributed by atoms with Crippen molar-refractivity contribution in [2.24, 2.45) is 5.92 Å². The number of amides is 2. The van der Waals surface area contributed by atoms with Crippen LogP contribution in [0.25, 0.3) is 23.0 Å². The van der Waals surface area contributed by atoms with Crippen LogP contribution in [0.15, 0.2) is 67.1 Å². The second kappa shape index (κ2) is 10.7. The number of pyridine rings is 1. The zero-order chi connectivity index (χ0) is 24.0. The molecule has 0 bridgehead atoms. The molecular weight excluding hydrogens is 442 g/mol. The van der Waals surface area contributed by atoms with Crippen molar-refractivity contribution in [2.45, 2.75) is 12.8 Å². The van der Waals surface area contributed by atoms with E-state index in [1.807, 2.05) is 64.3 Å². The number of carbonyl (C=O) groups excluding carboxylic acids is 2. The molecule has 2 saturated heterocycles. The minimum atomic E-state index is -0.147. The quantitative estimate of drug-likeness (QED) is 0.535. The van der Waals surface area contributed by atoms with Crippen LogP contribution < -0.4 is 0 Å². The summed E-state index contributed by atoms with van der Waals surface area (Å²) in [5, 5.41) is 4.77. The van der Waals surface area contributed by atoms with Crippen molar-refractivity contribution in [3.63, 3.8) is 0 Å². The molecule has 0 saturated carbocycles. The van der Waals surface area contributed by atoms with Crippen LogP contribution >= 0.6 is 0 Å². The number of hydrogen-bond donors (Lipinski definition) is 0. The Morgan fingerprint density at radius 1 is 1.00 bits per heavy atom. The van der Waals surface area contributed by atoms with Crippen LogP contribution in [-0.2, 0) is 14.3 Å². The lowest BCUT2D eigenvalue weighted by atomic mass is 9.96. The molecule has 8 nitrogen and oxygen atoms in total. The Hall–Kier alpha value is -3.78. The van der Waals surface area contributed by atoms with Crippen LogP contribution in [0.3, 0.4) is 0 Å². The van der Waals surface area contributed by atoms with Crippen LogP contribution in [0.5, 0.6) is 0 Å². The lowest BCUT2D eigenvalue weighted by Crippen LogP contribution is -2.49. The van der Waals surface area contributed by atoms with Crippen molar-refractivity contribution in [3.05, 3.63) is 72.7 Å². The molecule has 5 rings (SSSR count). The number of benzene rings is 1. The zero-order valence-electron chi connectivity index (χ0n) is 19.6. The fraction of sp³-hybridized carbons (Fsp3) is 0.333. The molecule has 0 radical (unpaired) electrons. The summed E-state index contributed by atoms with van der Waals surface area (Å²) in [5.41, 5.74) is 3.39. The molecule has 35 heavy (non-hydrogen) atoms. The fourth-order valence-corrected chi connectivity index (χ4v) is 4.64. The summed E-state index contributed by atoms with van der Waals surface area (Å²) in [6.07, 6.45) is 10.5. The Bertz CT molecular complexity index is 1190. The Morgan fingerprint density at radius 2 is 1.83 bits per heavy atom. The largest absolute Gasteiger partial charge is 0.378 e. The van der Waals surface area contributed by atoms with Gasteiger partial charge in [-0.3, -0.25) is 14.6 Å². The van der Waals surface area contributed by atoms with Gasteiger partial charge in [0.1, 0.15) is 5.69 Å². The third kappa shape index (κ3) is 5.33. The second-order valence-electron chi connectivity index (χ2n) is 8.85. The predicted molar refractivity (Wildman–Crippen MR) is 133 cm³/mol. The number of piperidine rings is 1. The molecular formula is C27H29N5O3. The van der Waals surface area contributed by atoms with E-state index in [1.165, 1.54) is 0 Å². The maximum absolute atomic E-state index is 13.1. The van der Waals surface area contributed by atoms with Gasteiger partial charge in [0, 0.05) is 62.0 Å². The highest BCUT2D eigenvalue weighted by Gasteiger charge is 2.31. The van der Waals surface area contributed by atoms with Gasteiger partial charge in [-0.2, -0.15) is 5.10 Å². The molecule has 1 aromatic carbocycles. The maximum atomic E-state index is 13.1. The van der Waals surface area contributed by atoms with Gasteiger partial charge in [-0.1, -0.05) is 18.2 Å². The predicted octanol–water partition coefficient (Wildman–Crippen LogP) is 3.04. The van der Waals surface area contributed by atoms with E-state index in [4.69, 9.17) is 9.84 Å². The van der Waals surface area contributed by atoms with E-state index in [1.54, 1.807) is 23.4 Å². The standard InChI is InChI=1S/C27H29N5O3/c33-25(31-13-5-7-23(19-31)27(34)30-14-16-35-17-15-30)11-10-22-20-32(24-8-2-1-3-9-24)29-26(22)21-6-4-12-28-18-21/h1-4,6,8-12,18,20,23H,5,7,13-17,19H2/b11-10+. The van der Waals surface area contributed by atoms with Crippen molar-refractivity contribution in [1.82, 2.24) is 24.6 Å². The monoisotopic (exact) mass is 471 g/mol. The number of hydrogen-bond acceptors (Lipinski definition) is 5. The van der Waals surface area contributed by atoms with E-state index in [-0.39, 0.29) is 17.7 Å². The van der Waals surface area contributed by atoms with Crippen LogP contribution in [0, 0.1) is 5.92 Å². The van der Waals surface area contributed by atoms with Crippen molar-refractivity contribution >= 4 is 17.9 Å². The van der Waals surface area contributed by atoms with Gasteiger partial charge >= 0.3 is 0 Å². The third-order valence-electron chi connectivity index (χ3n) is 6.51. The molecule has 2 fully saturated rings. The molecule has 2 aliphatic heterocycles. The van der Waals surface area contributed by atoms with E-state index in [0.717, 1.165) is 35.3 Å². The van der Waals surface area contributed by atoms with Gasteiger partial charge in [0.05, 0.1) is 24.8 Å². The molecule has 1 atom stereocenters. The topological polar surface area (TPSA) is 80.6 Å². The first kappa shape index (κ1) is 23.0. The number of aromatic nitrogens is 3. The summed E-state index contributed by atoms with van der Waals surface area (Å²) in [6, 6.07) is 13.7.